The Labute approximate surface area is 199 Å². The number of benzene rings is 2. The van der Waals surface area contributed by atoms with Gasteiger partial charge in [-0.15, -0.1) is 0 Å². The number of sulfonamides is 1. The molecule has 0 unspecified atom stereocenters. The molecule has 0 aliphatic carbocycles. The molecule has 1 aliphatic heterocycles. The van der Waals surface area contributed by atoms with Crippen molar-refractivity contribution < 1.29 is 37.3 Å². The van der Waals surface area contributed by atoms with Gasteiger partial charge in [0.15, 0.2) is 6.61 Å². The van der Waals surface area contributed by atoms with E-state index >= 15 is 0 Å². The number of nitro groups is 1. The Morgan fingerprint density at radius 1 is 1.14 bits per heavy atom. The lowest BCUT2D eigenvalue weighted by Crippen LogP contribution is -2.36. The van der Waals surface area contributed by atoms with E-state index < -0.39 is 63.0 Å². The maximum Gasteiger partial charge on any atom is 0.326 e. The van der Waals surface area contributed by atoms with Crippen molar-refractivity contribution in [3.63, 3.8) is 0 Å². The van der Waals surface area contributed by atoms with Gasteiger partial charge in [0.1, 0.15) is 12.1 Å². The Morgan fingerprint density at radius 2 is 1.83 bits per heavy atom. The number of nitro benzene ring substituents is 1. The van der Waals surface area contributed by atoms with E-state index in [1.165, 1.54) is 44.4 Å². The number of aryl methyl sites for hydroxylation is 1. The molecule has 13 nitrogen and oxygen atoms in total. The molecule has 35 heavy (non-hydrogen) atoms. The summed E-state index contributed by atoms with van der Waals surface area (Å²) in [5.74, 6) is -3.81. The molecular formula is C21H20N4O9S. The fourth-order valence-electron chi connectivity index (χ4n) is 3.23. The van der Waals surface area contributed by atoms with Gasteiger partial charge in [0, 0.05) is 25.8 Å². The molecule has 1 aliphatic rings. The van der Waals surface area contributed by atoms with Crippen molar-refractivity contribution in [3.8, 4) is 0 Å². The van der Waals surface area contributed by atoms with Crippen LogP contribution in [0.1, 0.15) is 26.3 Å². The number of amides is 3. The first-order valence-electron chi connectivity index (χ1n) is 9.97. The van der Waals surface area contributed by atoms with Crippen LogP contribution in [-0.4, -0.2) is 73.5 Å². The molecule has 14 heteroatoms. The van der Waals surface area contributed by atoms with Crippen LogP contribution in [-0.2, 0) is 24.3 Å². The van der Waals surface area contributed by atoms with E-state index in [4.69, 9.17) is 4.74 Å². The summed E-state index contributed by atoms with van der Waals surface area (Å²) >= 11 is 0. The van der Waals surface area contributed by atoms with E-state index in [1.807, 2.05) is 0 Å². The highest BCUT2D eigenvalue weighted by molar-refractivity contribution is 7.89. The molecule has 0 bridgehead atoms. The largest absolute Gasteiger partial charge is 0.454 e. The zero-order chi connectivity index (χ0) is 26.1. The Bertz CT molecular complexity index is 1370. The van der Waals surface area contributed by atoms with E-state index in [1.54, 1.807) is 6.92 Å². The average Bonchev–Trinajstić information content (AvgIpc) is 3.03. The van der Waals surface area contributed by atoms with E-state index in [0.717, 1.165) is 10.4 Å². The summed E-state index contributed by atoms with van der Waals surface area (Å²) in [4.78, 5) is 60.2. The predicted molar refractivity (Wildman–Crippen MR) is 120 cm³/mol. The van der Waals surface area contributed by atoms with Gasteiger partial charge < -0.3 is 10.1 Å². The van der Waals surface area contributed by atoms with Crippen LogP contribution in [0.15, 0.2) is 41.3 Å². The van der Waals surface area contributed by atoms with Crippen LogP contribution >= 0.6 is 0 Å². The molecule has 1 N–H and O–H groups in total. The first-order chi connectivity index (χ1) is 16.3. The summed E-state index contributed by atoms with van der Waals surface area (Å²) in [5.41, 5.74) is -0.463. The smallest absolute Gasteiger partial charge is 0.326 e. The summed E-state index contributed by atoms with van der Waals surface area (Å²) < 4.78 is 30.4. The second kappa shape index (κ2) is 9.60. The molecule has 2 aromatic carbocycles. The van der Waals surface area contributed by atoms with Crippen LogP contribution in [0.2, 0.25) is 0 Å². The van der Waals surface area contributed by atoms with Crippen molar-refractivity contribution in [1.82, 2.24) is 9.21 Å². The van der Waals surface area contributed by atoms with Crippen molar-refractivity contribution in [2.45, 2.75) is 11.8 Å². The number of fused-ring (bicyclic) bond motifs is 1. The predicted octanol–water partition coefficient (Wildman–Crippen LogP) is 0.931. The van der Waals surface area contributed by atoms with Crippen molar-refractivity contribution in [1.29, 1.82) is 0 Å². The zero-order valence-corrected chi connectivity index (χ0v) is 19.6. The Balaban J connectivity index is 1.64. The number of esters is 1. The molecule has 3 rings (SSSR count). The average molecular weight is 504 g/mol. The van der Waals surface area contributed by atoms with Crippen molar-refractivity contribution in [2.24, 2.45) is 0 Å². The fourth-order valence-corrected chi connectivity index (χ4v) is 4.15. The first-order valence-corrected chi connectivity index (χ1v) is 11.4. The number of rotatable bonds is 8. The Kier molecular flexibility index (Phi) is 6.98. The van der Waals surface area contributed by atoms with E-state index in [2.05, 4.69) is 5.32 Å². The summed E-state index contributed by atoms with van der Waals surface area (Å²) in [7, 11) is -1.03. The number of ether oxygens (including phenoxy) is 1. The van der Waals surface area contributed by atoms with Crippen molar-refractivity contribution in [3.05, 3.63) is 63.2 Å². The van der Waals surface area contributed by atoms with Crippen LogP contribution in [0, 0.1) is 17.0 Å². The van der Waals surface area contributed by atoms with Crippen molar-refractivity contribution >= 4 is 45.1 Å². The topological polar surface area (TPSA) is 173 Å². The van der Waals surface area contributed by atoms with Gasteiger partial charge in [0.25, 0.3) is 23.4 Å². The molecule has 2 aromatic rings. The lowest BCUT2D eigenvalue weighted by Gasteiger charge is -2.15. The minimum absolute atomic E-state index is 0.0555. The lowest BCUT2D eigenvalue weighted by molar-refractivity contribution is -0.385. The summed E-state index contributed by atoms with van der Waals surface area (Å²) in [6.07, 6.45) is 0. The minimum Gasteiger partial charge on any atom is -0.454 e. The minimum atomic E-state index is -3.75. The quantitative estimate of drug-likeness (QED) is 0.237. The van der Waals surface area contributed by atoms with Gasteiger partial charge in [-0.1, -0.05) is 12.1 Å². The number of anilines is 1. The van der Waals surface area contributed by atoms with Gasteiger partial charge in [0.2, 0.25) is 10.0 Å². The molecule has 1 heterocycles. The van der Waals surface area contributed by atoms with Gasteiger partial charge >= 0.3 is 5.97 Å². The molecular weight excluding hydrogens is 484 g/mol. The number of carbonyl (C=O) groups is 4. The van der Waals surface area contributed by atoms with E-state index in [-0.39, 0.29) is 16.1 Å². The van der Waals surface area contributed by atoms with Gasteiger partial charge in [-0.25, -0.2) is 12.7 Å². The monoisotopic (exact) mass is 504 g/mol. The molecule has 0 radical (unpaired) electrons. The van der Waals surface area contributed by atoms with Gasteiger partial charge in [0.05, 0.1) is 15.4 Å². The van der Waals surface area contributed by atoms with Gasteiger partial charge in [-0.05, 0) is 30.7 Å². The Hall–Kier alpha value is -4.17. The highest BCUT2D eigenvalue weighted by Crippen LogP contribution is 2.30. The third-order valence-electron chi connectivity index (χ3n) is 5.09. The normalized spacial score (nSPS) is 13.1. The highest BCUT2D eigenvalue weighted by atomic mass is 32.2. The molecule has 184 valence electrons. The summed E-state index contributed by atoms with van der Waals surface area (Å²) in [6.45, 7) is -0.00620. The highest BCUT2D eigenvalue weighted by Gasteiger charge is 2.42. The second-order valence-corrected chi connectivity index (χ2v) is 9.78. The third kappa shape index (κ3) is 5.02. The van der Waals surface area contributed by atoms with E-state index in [0.29, 0.717) is 10.5 Å². The molecule has 3 amide bonds. The maximum absolute atomic E-state index is 12.5. The summed E-state index contributed by atoms with van der Waals surface area (Å²) in [6, 6.07) is 7.68. The lowest BCUT2D eigenvalue weighted by atomic mass is 10.1. The fraction of sp³-hybridized carbons (Fsp3) is 0.238. The van der Waals surface area contributed by atoms with Crippen LogP contribution in [0.3, 0.4) is 0 Å². The maximum atomic E-state index is 12.5. The third-order valence-corrected chi connectivity index (χ3v) is 6.90. The van der Waals surface area contributed by atoms with Gasteiger partial charge in [-0.3, -0.25) is 34.2 Å². The molecule has 0 fully saturated rings. The van der Waals surface area contributed by atoms with Crippen LogP contribution in [0.4, 0.5) is 11.4 Å². The SMILES string of the molecule is Cc1ccc(S(=O)(=O)N(C)C)cc1NC(=O)COC(=O)CN1C(=O)c2cccc([N+](=O)[O-])c2C1=O. The zero-order valence-electron chi connectivity index (χ0n) is 18.8. The van der Waals surface area contributed by atoms with Crippen molar-refractivity contribution in [2.75, 3.05) is 32.6 Å². The van der Waals surface area contributed by atoms with E-state index in [9.17, 15) is 37.7 Å². The number of hydrogen-bond acceptors (Lipinski definition) is 9. The number of imide groups is 1. The molecule has 0 atom stereocenters. The molecule has 0 saturated heterocycles. The summed E-state index contributed by atoms with van der Waals surface area (Å²) in [5, 5.41) is 13.6. The number of nitrogens with one attached hydrogen (secondary N) is 1. The molecule has 0 saturated carbocycles. The molecule has 0 spiro atoms. The standard InChI is InChI=1S/C21H20N4O9S/c1-12-7-8-13(35(32,33)23(2)3)9-15(12)22-17(26)11-34-18(27)10-24-20(28)14-5-4-6-16(25(30)31)19(14)21(24)29/h4-9H,10-11H2,1-3H3,(H,22,26). The van der Waals surface area contributed by atoms with Crippen LogP contribution in [0.5, 0.6) is 0 Å². The van der Waals surface area contributed by atoms with Crippen LogP contribution < -0.4 is 5.32 Å². The first kappa shape index (κ1) is 25.5. The Morgan fingerprint density at radius 3 is 2.46 bits per heavy atom. The molecule has 0 aromatic heterocycles. The van der Waals surface area contributed by atoms with Crippen LogP contribution in [0.25, 0.3) is 0 Å². The number of carbonyl (C=O) groups excluding carboxylic acids is 4. The number of hydrogen-bond donors (Lipinski definition) is 1. The number of nitrogens with zero attached hydrogens (tertiary/aromatic N) is 3. The van der Waals surface area contributed by atoms with Gasteiger partial charge in [-0.2, -0.15) is 0 Å². The second-order valence-electron chi connectivity index (χ2n) is 7.63.